The van der Waals surface area contributed by atoms with Crippen molar-refractivity contribution in [3.63, 3.8) is 0 Å². The van der Waals surface area contributed by atoms with E-state index in [1.54, 1.807) is 22.9 Å². The van der Waals surface area contributed by atoms with Gasteiger partial charge in [-0.15, -0.1) is 0 Å². The minimum Gasteiger partial charge on any atom is -0.469 e. The molecule has 3 rings (SSSR count). The van der Waals surface area contributed by atoms with Crippen molar-refractivity contribution in [1.82, 2.24) is 14.8 Å². The lowest BCUT2D eigenvalue weighted by Crippen LogP contribution is -2.28. The van der Waals surface area contributed by atoms with E-state index in [9.17, 15) is 14.9 Å². The molecule has 8 nitrogen and oxygen atoms in total. The van der Waals surface area contributed by atoms with Gasteiger partial charge in [-0.2, -0.15) is 5.10 Å². The zero-order valence-electron chi connectivity index (χ0n) is 11.9. The number of aryl methyl sites for hydroxylation is 1. The van der Waals surface area contributed by atoms with E-state index >= 15 is 0 Å². The van der Waals surface area contributed by atoms with E-state index in [0.717, 1.165) is 5.82 Å². The fraction of sp³-hybridized carbons (Fsp3) is 0.357. The van der Waals surface area contributed by atoms with Gasteiger partial charge < -0.3 is 4.74 Å². The van der Waals surface area contributed by atoms with Crippen molar-refractivity contribution in [3.05, 3.63) is 40.2 Å². The fourth-order valence-electron chi connectivity index (χ4n) is 2.60. The van der Waals surface area contributed by atoms with Crippen molar-refractivity contribution in [3.8, 4) is 11.4 Å². The van der Waals surface area contributed by atoms with Gasteiger partial charge in [-0.05, 0) is 12.5 Å². The van der Waals surface area contributed by atoms with Crippen molar-refractivity contribution in [2.45, 2.75) is 19.4 Å². The van der Waals surface area contributed by atoms with E-state index in [1.807, 2.05) is 0 Å². The Balaban J connectivity index is 1.95. The fourth-order valence-corrected chi connectivity index (χ4v) is 2.60. The topological polar surface area (TPSA) is 100 Å². The molecule has 0 fully saturated rings. The normalized spacial score (nSPS) is 16.9. The minimum absolute atomic E-state index is 0.0324. The van der Waals surface area contributed by atoms with E-state index in [2.05, 4.69) is 10.1 Å². The highest BCUT2D eigenvalue weighted by Crippen LogP contribution is 2.29. The zero-order valence-corrected chi connectivity index (χ0v) is 11.9. The number of hydrogen-bond acceptors (Lipinski definition) is 6. The number of carbonyl (C=O) groups excluding carboxylic acids is 1. The Kier molecular flexibility index (Phi) is 3.58. The quantitative estimate of drug-likeness (QED) is 0.485. The molecular weight excluding hydrogens is 288 g/mol. The summed E-state index contributed by atoms with van der Waals surface area (Å²) < 4.78 is 6.39. The Hall–Kier alpha value is -2.77. The summed E-state index contributed by atoms with van der Waals surface area (Å²) >= 11 is 0. The average Bonchev–Trinajstić information content (AvgIpc) is 2.96. The molecule has 2 aromatic rings. The van der Waals surface area contributed by atoms with Crippen molar-refractivity contribution in [2.75, 3.05) is 7.11 Å². The Morgan fingerprint density at radius 2 is 2.23 bits per heavy atom. The maximum Gasteiger partial charge on any atom is 0.310 e. The first-order chi connectivity index (χ1) is 10.6. The number of rotatable bonds is 3. The molecule has 1 aliphatic heterocycles. The highest BCUT2D eigenvalue weighted by Gasteiger charge is 2.28. The predicted molar refractivity (Wildman–Crippen MR) is 75.9 cm³/mol. The van der Waals surface area contributed by atoms with Gasteiger partial charge in [0.15, 0.2) is 5.82 Å². The second kappa shape index (κ2) is 5.55. The molecular formula is C14H14N4O4. The van der Waals surface area contributed by atoms with E-state index in [4.69, 9.17) is 4.74 Å². The van der Waals surface area contributed by atoms with Crippen LogP contribution in [0, 0.1) is 16.0 Å². The van der Waals surface area contributed by atoms with Gasteiger partial charge in [0.2, 0.25) is 0 Å². The molecule has 1 unspecified atom stereocenters. The van der Waals surface area contributed by atoms with E-state index in [-0.39, 0.29) is 17.6 Å². The Morgan fingerprint density at radius 1 is 1.45 bits per heavy atom. The summed E-state index contributed by atoms with van der Waals surface area (Å²) in [4.78, 5) is 26.7. The molecule has 0 radical (unpaired) electrons. The van der Waals surface area contributed by atoms with E-state index in [0.29, 0.717) is 30.8 Å². The first-order valence-electron chi connectivity index (χ1n) is 6.85. The number of para-hydroxylation sites is 1. The molecule has 0 saturated carbocycles. The monoisotopic (exact) mass is 302 g/mol. The largest absolute Gasteiger partial charge is 0.469 e. The van der Waals surface area contributed by atoms with Gasteiger partial charge in [-0.25, -0.2) is 9.67 Å². The van der Waals surface area contributed by atoms with Crippen molar-refractivity contribution in [1.29, 1.82) is 0 Å². The summed E-state index contributed by atoms with van der Waals surface area (Å²) in [7, 11) is 1.36. The highest BCUT2D eigenvalue weighted by molar-refractivity contribution is 5.72. The lowest BCUT2D eigenvalue weighted by molar-refractivity contribution is -0.384. The number of methoxy groups -OCH3 is 1. The number of hydrogen-bond donors (Lipinski definition) is 0. The molecule has 22 heavy (non-hydrogen) atoms. The Labute approximate surface area is 125 Å². The summed E-state index contributed by atoms with van der Waals surface area (Å²) in [5.74, 6) is 0.521. The van der Waals surface area contributed by atoms with Crippen LogP contribution in [-0.2, 0) is 22.5 Å². The standard InChI is InChI=1S/C14H14N4O4/c1-22-14(19)9-6-7-12-15-13(16-17(12)8-9)10-4-2-3-5-11(10)18(20)21/h2-5,9H,6-8H2,1H3. The first kappa shape index (κ1) is 14.2. The van der Waals surface area contributed by atoms with Crippen LogP contribution < -0.4 is 0 Å². The second-order valence-corrected chi connectivity index (χ2v) is 5.07. The smallest absolute Gasteiger partial charge is 0.310 e. The number of nitro groups is 1. The van der Waals surface area contributed by atoms with Crippen LogP contribution in [0.25, 0.3) is 11.4 Å². The third kappa shape index (κ3) is 2.43. The van der Waals surface area contributed by atoms with Crippen molar-refractivity contribution < 1.29 is 14.5 Å². The van der Waals surface area contributed by atoms with Crippen LogP contribution in [0.4, 0.5) is 5.69 Å². The molecule has 0 bridgehead atoms. The van der Waals surface area contributed by atoms with Gasteiger partial charge in [0, 0.05) is 12.5 Å². The maximum atomic E-state index is 11.6. The van der Waals surface area contributed by atoms with E-state index in [1.165, 1.54) is 13.2 Å². The number of carbonyl (C=O) groups is 1. The summed E-state index contributed by atoms with van der Waals surface area (Å²) in [6.45, 7) is 0.385. The molecule has 1 atom stereocenters. The summed E-state index contributed by atoms with van der Waals surface area (Å²) in [5.41, 5.74) is 0.346. The number of nitrogens with zero attached hydrogens (tertiary/aromatic N) is 4. The van der Waals surface area contributed by atoms with Crippen LogP contribution in [0.1, 0.15) is 12.2 Å². The maximum absolute atomic E-state index is 11.6. The number of benzene rings is 1. The molecule has 8 heteroatoms. The highest BCUT2D eigenvalue weighted by atomic mass is 16.6. The zero-order chi connectivity index (χ0) is 15.7. The molecule has 0 spiro atoms. The summed E-state index contributed by atoms with van der Waals surface area (Å²) in [5, 5.41) is 15.4. The van der Waals surface area contributed by atoms with Gasteiger partial charge in [0.25, 0.3) is 5.69 Å². The van der Waals surface area contributed by atoms with Gasteiger partial charge >= 0.3 is 5.97 Å². The molecule has 1 aromatic heterocycles. The Bertz CT molecular complexity index is 740. The van der Waals surface area contributed by atoms with Crippen molar-refractivity contribution >= 4 is 11.7 Å². The number of aromatic nitrogens is 3. The molecule has 114 valence electrons. The molecule has 1 aliphatic rings. The lowest BCUT2D eigenvalue weighted by Gasteiger charge is -2.19. The first-order valence-corrected chi connectivity index (χ1v) is 6.85. The molecule has 2 heterocycles. The minimum atomic E-state index is -0.452. The lowest BCUT2D eigenvalue weighted by atomic mass is 10.0. The average molecular weight is 302 g/mol. The van der Waals surface area contributed by atoms with Gasteiger partial charge in [0.05, 0.1) is 30.1 Å². The Morgan fingerprint density at radius 3 is 2.95 bits per heavy atom. The molecule has 0 N–H and O–H groups in total. The van der Waals surface area contributed by atoms with Crippen LogP contribution in [0.2, 0.25) is 0 Å². The van der Waals surface area contributed by atoms with Crippen LogP contribution in [0.3, 0.4) is 0 Å². The number of fused-ring (bicyclic) bond motifs is 1. The van der Waals surface area contributed by atoms with Gasteiger partial charge in [-0.3, -0.25) is 14.9 Å². The second-order valence-electron chi connectivity index (χ2n) is 5.07. The molecule has 0 saturated heterocycles. The van der Waals surface area contributed by atoms with Gasteiger partial charge in [0.1, 0.15) is 5.82 Å². The molecule has 0 aliphatic carbocycles. The summed E-state index contributed by atoms with van der Waals surface area (Å²) in [6, 6.07) is 6.36. The van der Waals surface area contributed by atoms with Crippen LogP contribution in [0.15, 0.2) is 24.3 Å². The van der Waals surface area contributed by atoms with Crippen LogP contribution in [0.5, 0.6) is 0 Å². The number of nitro benzene ring substituents is 1. The van der Waals surface area contributed by atoms with Crippen LogP contribution in [-0.4, -0.2) is 32.8 Å². The van der Waals surface area contributed by atoms with Crippen molar-refractivity contribution in [2.24, 2.45) is 5.92 Å². The third-order valence-corrected chi connectivity index (χ3v) is 3.73. The molecule has 1 aromatic carbocycles. The predicted octanol–water partition coefficient (Wildman–Crippen LogP) is 1.59. The van der Waals surface area contributed by atoms with E-state index < -0.39 is 4.92 Å². The SMILES string of the molecule is COC(=O)C1CCc2nc(-c3ccccc3[N+](=O)[O-])nn2C1. The van der Waals surface area contributed by atoms with Gasteiger partial charge in [-0.1, -0.05) is 12.1 Å². The third-order valence-electron chi connectivity index (χ3n) is 3.73. The number of ether oxygens (including phenoxy) is 1. The number of esters is 1. The van der Waals surface area contributed by atoms with Crippen LogP contribution >= 0.6 is 0 Å². The summed E-state index contributed by atoms with van der Waals surface area (Å²) in [6.07, 6.45) is 1.23. The molecule has 0 amide bonds.